The molecule has 7 heteroatoms. The number of rotatable bonds is 5. The summed E-state index contributed by atoms with van der Waals surface area (Å²) in [5, 5.41) is 9.21. The number of carbonyl (C=O) groups is 1. The van der Waals surface area contributed by atoms with Crippen LogP contribution in [0, 0.1) is 11.3 Å². The second-order valence-corrected chi connectivity index (χ2v) is 5.11. The Bertz CT molecular complexity index is 679. The van der Waals surface area contributed by atoms with E-state index in [4.69, 9.17) is 21.6 Å². The predicted octanol–water partition coefficient (Wildman–Crippen LogP) is 4.80. The van der Waals surface area contributed by atoms with Gasteiger partial charge in [-0.2, -0.15) is 14.0 Å². The van der Waals surface area contributed by atoms with Crippen LogP contribution in [0.25, 0.3) is 0 Å². The molecule has 0 radical (unpaired) electrons. The van der Waals surface area contributed by atoms with Crippen LogP contribution in [0.15, 0.2) is 54.6 Å². The topological polar surface area (TPSA) is 59.3 Å². The van der Waals surface area contributed by atoms with Crippen LogP contribution < -0.4 is 4.74 Å². The standard InChI is InChI=1S/C12H10ClF2NO3.C6H6/c1-7(17)18-6-8(5-16)10-4-9(19-12(14)15)2-3-11(10)13;1-2-4-6-5-3-1/h2-4,8,12H,6H2,1H3;1-6H. The molecule has 0 aromatic heterocycles. The number of hydrogen-bond donors (Lipinski definition) is 0. The molecule has 1 atom stereocenters. The van der Waals surface area contributed by atoms with E-state index in [9.17, 15) is 13.6 Å². The summed E-state index contributed by atoms with van der Waals surface area (Å²) in [6.45, 7) is -1.97. The quantitative estimate of drug-likeness (QED) is 0.712. The third kappa shape index (κ3) is 8.13. The minimum atomic E-state index is -2.97. The van der Waals surface area contributed by atoms with E-state index in [0.29, 0.717) is 0 Å². The van der Waals surface area contributed by atoms with Gasteiger partial charge in [0.15, 0.2) is 0 Å². The highest BCUT2D eigenvalue weighted by Gasteiger charge is 2.17. The third-order valence-corrected chi connectivity index (χ3v) is 3.19. The number of alkyl halides is 2. The first kappa shape index (κ1) is 20.4. The summed E-state index contributed by atoms with van der Waals surface area (Å²) >= 11 is 5.89. The fourth-order valence-electron chi connectivity index (χ4n) is 1.75. The van der Waals surface area contributed by atoms with Gasteiger partial charge in [-0.15, -0.1) is 0 Å². The Kier molecular flexibility index (Phi) is 8.97. The average molecular weight is 368 g/mol. The number of hydrogen-bond acceptors (Lipinski definition) is 4. The Morgan fingerprint density at radius 2 is 1.76 bits per heavy atom. The predicted molar refractivity (Wildman–Crippen MR) is 89.5 cm³/mol. The summed E-state index contributed by atoms with van der Waals surface area (Å²) in [7, 11) is 0. The first-order valence-corrected chi connectivity index (χ1v) is 7.59. The van der Waals surface area contributed by atoms with E-state index >= 15 is 0 Å². The van der Waals surface area contributed by atoms with E-state index in [1.807, 2.05) is 42.5 Å². The number of halogens is 3. The fraction of sp³-hybridized carbons (Fsp3) is 0.222. The summed E-state index contributed by atoms with van der Waals surface area (Å²) < 4.78 is 33.1. The number of carbonyl (C=O) groups excluding carboxylic acids is 1. The van der Waals surface area contributed by atoms with Gasteiger partial charge in [0.1, 0.15) is 18.3 Å². The number of nitrogens with zero attached hydrogens (tertiary/aromatic N) is 1. The maximum atomic E-state index is 12.1. The largest absolute Gasteiger partial charge is 0.464 e. The summed E-state index contributed by atoms with van der Waals surface area (Å²) in [6, 6.07) is 17.7. The zero-order chi connectivity index (χ0) is 18.7. The van der Waals surface area contributed by atoms with Gasteiger partial charge >= 0.3 is 12.6 Å². The van der Waals surface area contributed by atoms with Crippen LogP contribution in [0.3, 0.4) is 0 Å². The minimum absolute atomic E-state index is 0.113. The van der Waals surface area contributed by atoms with Crippen LogP contribution in [-0.2, 0) is 9.53 Å². The summed E-state index contributed by atoms with van der Waals surface area (Å²) in [5.74, 6) is -1.51. The van der Waals surface area contributed by atoms with Crippen LogP contribution in [0.5, 0.6) is 5.75 Å². The molecule has 0 spiro atoms. The van der Waals surface area contributed by atoms with Gasteiger partial charge in [-0.1, -0.05) is 48.0 Å². The Labute approximate surface area is 149 Å². The van der Waals surface area contributed by atoms with E-state index in [1.165, 1.54) is 25.1 Å². The lowest BCUT2D eigenvalue weighted by Crippen LogP contribution is -2.10. The number of nitriles is 1. The molecule has 0 fully saturated rings. The zero-order valence-corrected chi connectivity index (χ0v) is 14.1. The molecule has 0 bridgehead atoms. The number of benzene rings is 2. The molecule has 2 aromatic rings. The maximum absolute atomic E-state index is 12.1. The van der Waals surface area contributed by atoms with E-state index in [2.05, 4.69) is 4.74 Å². The van der Waals surface area contributed by atoms with Crippen molar-refractivity contribution in [3.8, 4) is 11.8 Å². The Balaban J connectivity index is 0.000000435. The van der Waals surface area contributed by atoms with Crippen LogP contribution in [0.4, 0.5) is 8.78 Å². The lowest BCUT2D eigenvalue weighted by Gasteiger charge is -2.13. The molecule has 0 heterocycles. The number of ether oxygens (including phenoxy) is 2. The first-order valence-electron chi connectivity index (χ1n) is 7.21. The molecule has 2 aromatic carbocycles. The van der Waals surface area contributed by atoms with Crippen molar-refractivity contribution in [1.29, 1.82) is 5.26 Å². The van der Waals surface area contributed by atoms with Gasteiger partial charge in [0.25, 0.3) is 0 Å². The lowest BCUT2D eigenvalue weighted by atomic mass is 10.0. The van der Waals surface area contributed by atoms with Gasteiger partial charge in [-0.05, 0) is 23.8 Å². The third-order valence-electron chi connectivity index (χ3n) is 2.84. The molecule has 132 valence electrons. The SMILES string of the molecule is CC(=O)OCC(C#N)c1cc(OC(F)F)ccc1Cl.c1ccccc1. The highest BCUT2D eigenvalue weighted by atomic mass is 35.5. The van der Waals surface area contributed by atoms with Gasteiger partial charge in [-0.25, -0.2) is 0 Å². The molecule has 0 N–H and O–H groups in total. The van der Waals surface area contributed by atoms with Crippen LogP contribution >= 0.6 is 11.6 Å². The van der Waals surface area contributed by atoms with E-state index in [1.54, 1.807) is 0 Å². The van der Waals surface area contributed by atoms with E-state index in [-0.39, 0.29) is 22.9 Å². The monoisotopic (exact) mass is 367 g/mol. The molecule has 0 saturated carbocycles. The van der Waals surface area contributed by atoms with Crippen LogP contribution in [0.2, 0.25) is 5.02 Å². The van der Waals surface area contributed by atoms with Gasteiger partial charge in [-0.3, -0.25) is 4.79 Å². The van der Waals surface area contributed by atoms with Crippen molar-refractivity contribution in [2.45, 2.75) is 19.5 Å². The van der Waals surface area contributed by atoms with Crippen molar-refractivity contribution in [3.05, 3.63) is 65.2 Å². The fourth-order valence-corrected chi connectivity index (χ4v) is 2.00. The molecule has 0 aliphatic heterocycles. The van der Waals surface area contributed by atoms with Crippen molar-refractivity contribution >= 4 is 17.6 Å². The van der Waals surface area contributed by atoms with Gasteiger partial charge < -0.3 is 9.47 Å². The first-order chi connectivity index (χ1) is 11.9. The molecule has 0 aliphatic carbocycles. The molecule has 0 amide bonds. The summed E-state index contributed by atoms with van der Waals surface area (Å²) in [6.07, 6.45) is 0. The van der Waals surface area contributed by atoms with Crippen LogP contribution in [0.1, 0.15) is 18.4 Å². The molecule has 0 saturated heterocycles. The van der Waals surface area contributed by atoms with Crippen molar-refractivity contribution in [2.24, 2.45) is 0 Å². The molecule has 1 unspecified atom stereocenters. The lowest BCUT2D eigenvalue weighted by molar-refractivity contribution is -0.141. The molecular formula is C18H16ClF2NO3. The van der Waals surface area contributed by atoms with Crippen molar-refractivity contribution in [3.63, 3.8) is 0 Å². The number of esters is 1. The summed E-state index contributed by atoms with van der Waals surface area (Å²) in [4.78, 5) is 10.7. The Morgan fingerprint density at radius 1 is 1.20 bits per heavy atom. The maximum Gasteiger partial charge on any atom is 0.387 e. The normalized spacial score (nSPS) is 10.9. The molecule has 4 nitrogen and oxygen atoms in total. The van der Waals surface area contributed by atoms with Crippen molar-refractivity contribution in [2.75, 3.05) is 6.61 Å². The Hall–Kier alpha value is -2.65. The second kappa shape index (κ2) is 11.0. The smallest absolute Gasteiger partial charge is 0.387 e. The van der Waals surface area contributed by atoms with E-state index < -0.39 is 18.5 Å². The highest BCUT2D eigenvalue weighted by molar-refractivity contribution is 6.31. The van der Waals surface area contributed by atoms with Crippen molar-refractivity contribution < 1.29 is 23.0 Å². The second-order valence-electron chi connectivity index (χ2n) is 4.70. The van der Waals surface area contributed by atoms with Gasteiger partial charge in [0, 0.05) is 11.9 Å². The van der Waals surface area contributed by atoms with Gasteiger partial charge in [0.2, 0.25) is 0 Å². The summed E-state index contributed by atoms with van der Waals surface area (Å²) in [5.41, 5.74) is 0.267. The average Bonchev–Trinajstić information content (AvgIpc) is 2.59. The minimum Gasteiger partial charge on any atom is -0.464 e. The molecule has 2 rings (SSSR count). The van der Waals surface area contributed by atoms with Crippen LogP contribution in [-0.4, -0.2) is 19.2 Å². The molecule has 0 aliphatic rings. The molecular weight excluding hydrogens is 352 g/mol. The highest BCUT2D eigenvalue weighted by Crippen LogP contribution is 2.29. The Morgan fingerprint density at radius 3 is 2.20 bits per heavy atom. The molecule has 25 heavy (non-hydrogen) atoms. The zero-order valence-electron chi connectivity index (χ0n) is 13.4. The van der Waals surface area contributed by atoms with Gasteiger partial charge in [0.05, 0.1) is 6.07 Å². The van der Waals surface area contributed by atoms with E-state index in [0.717, 1.165) is 0 Å². The van der Waals surface area contributed by atoms with Crippen molar-refractivity contribution in [1.82, 2.24) is 0 Å².